The van der Waals surface area contributed by atoms with Crippen molar-refractivity contribution in [1.29, 1.82) is 0 Å². The molecule has 0 amide bonds. The number of anilines is 1. The van der Waals surface area contributed by atoms with Gasteiger partial charge in [0.05, 0.1) is 22.2 Å². The predicted molar refractivity (Wildman–Crippen MR) is 177 cm³/mol. The molecule has 1 aliphatic heterocycles. The van der Waals surface area contributed by atoms with Crippen molar-refractivity contribution in [2.45, 2.75) is 63.3 Å². The van der Waals surface area contributed by atoms with Gasteiger partial charge in [-0.2, -0.15) is 5.10 Å². The monoisotopic (exact) mass is 674 g/mol. The van der Waals surface area contributed by atoms with Gasteiger partial charge in [-0.15, -0.1) is 0 Å². The van der Waals surface area contributed by atoms with E-state index in [0.29, 0.717) is 22.7 Å². The summed E-state index contributed by atoms with van der Waals surface area (Å²) in [6.45, 7) is 8.26. The van der Waals surface area contributed by atoms with Crippen LogP contribution in [-0.2, 0) is 11.0 Å². The number of nitrogens with zero attached hydrogens (tertiary/aromatic N) is 5. The first-order chi connectivity index (χ1) is 20.7. The van der Waals surface area contributed by atoms with Gasteiger partial charge in [-0.3, -0.25) is 0 Å². The number of benzene rings is 1. The molecular formula is C31H44BrFN8OS. The van der Waals surface area contributed by atoms with Crippen molar-refractivity contribution in [3.05, 3.63) is 58.7 Å². The fraction of sp³-hybridized carbons (Fsp3) is 0.516. The van der Waals surface area contributed by atoms with Crippen molar-refractivity contribution >= 4 is 49.3 Å². The van der Waals surface area contributed by atoms with Gasteiger partial charge >= 0.3 is 0 Å². The van der Waals surface area contributed by atoms with Crippen molar-refractivity contribution in [3.63, 3.8) is 0 Å². The van der Waals surface area contributed by atoms with Crippen LogP contribution in [0.25, 0.3) is 16.6 Å². The highest BCUT2D eigenvalue weighted by molar-refractivity contribution is 9.10. The van der Waals surface area contributed by atoms with Gasteiger partial charge in [0.15, 0.2) is 5.65 Å². The summed E-state index contributed by atoms with van der Waals surface area (Å²) in [6, 6.07) is 7.54. The van der Waals surface area contributed by atoms with Crippen molar-refractivity contribution < 1.29 is 8.60 Å². The number of allylic oxidation sites excluding steroid dienone is 4. The van der Waals surface area contributed by atoms with Crippen LogP contribution in [-0.4, -0.2) is 62.1 Å². The Labute approximate surface area is 265 Å². The molecule has 0 radical (unpaired) electrons. The van der Waals surface area contributed by atoms with E-state index >= 15 is 0 Å². The van der Waals surface area contributed by atoms with Gasteiger partial charge in [0.2, 0.25) is 0 Å². The zero-order valence-corrected chi connectivity index (χ0v) is 27.7. The molecule has 6 rings (SSSR count). The van der Waals surface area contributed by atoms with E-state index in [1.54, 1.807) is 24.3 Å². The second-order valence-corrected chi connectivity index (χ2v) is 13.2. The number of nitrogens with one attached hydrogen (secondary N) is 1. The third-order valence-electron chi connectivity index (χ3n) is 8.10. The Morgan fingerprint density at radius 3 is 2.42 bits per heavy atom. The zero-order valence-electron chi connectivity index (χ0n) is 25.3. The molecule has 3 fully saturated rings. The maximum absolute atomic E-state index is 13.3. The first-order valence-corrected chi connectivity index (χ1v) is 17.0. The lowest BCUT2D eigenvalue weighted by Gasteiger charge is -2.22. The quantitative estimate of drug-likeness (QED) is 0.313. The van der Waals surface area contributed by atoms with Crippen LogP contribution in [0.3, 0.4) is 0 Å². The van der Waals surface area contributed by atoms with E-state index < -0.39 is 11.0 Å². The molecule has 2 aromatic heterocycles. The summed E-state index contributed by atoms with van der Waals surface area (Å²) in [7, 11) is 0.766. The van der Waals surface area contributed by atoms with E-state index in [-0.39, 0.29) is 11.7 Å². The molecule has 9 nitrogen and oxygen atoms in total. The highest BCUT2D eigenvalue weighted by Crippen LogP contribution is 2.50. The Kier molecular flexibility index (Phi) is 12.4. The Bertz CT molecular complexity index is 1440. The average molecular weight is 676 g/mol. The van der Waals surface area contributed by atoms with Gasteiger partial charge < -0.3 is 16.0 Å². The Hall–Kier alpha value is -2.51. The molecule has 12 heteroatoms. The fourth-order valence-corrected chi connectivity index (χ4v) is 6.98. The smallest absolute Gasteiger partial charge is 0.164 e. The van der Waals surface area contributed by atoms with Crippen LogP contribution < -0.4 is 16.2 Å². The Morgan fingerprint density at radius 2 is 1.86 bits per heavy atom. The number of hydrogen-bond acceptors (Lipinski definition) is 7. The van der Waals surface area contributed by atoms with Crippen LogP contribution in [0, 0.1) is 11.8 Å². The van der Waals surface area contributed by atoms with Crippen LogP contribution in [0.5, 0.6) is 0 Å². The molecule has 1 aromatic carbocycles. The summed E-state index contributed by atoms with van der Waals surface area (Å²) in [4.78, 5) is 11.7. The molecule has 5 N–H and O–H groups in total. The largest absolute Gasteiger partial charge is 0.383 e. The van der Waals surface area contributed by atoms with Gasteiger partial charge in [0.25, 0.3) is 0 Å². The second kappa shape index (κ2) is 16.0. The van der Waals surface area contributed by atoms with E-state index in [0.717, 1.165) is 59.1 Å². The molecule has 3 aromatic rings. The molecule has 0 bridgehead atoms. The molecule has 43 heavy (non-hydrogen) atoms. The molecule has 3 atom stereocenters. The minimum atomic E-state index is -1.39. The lowest BCUT2D eigenvalue weighted by Crippen LogP contribution is -2.40. The van der Waals surface area contributed by atoms with E-state index in [9.17, 15) is 8.60 Å². The summed E-state index contributed by atoms with van der Waals surface area (Å²) in [5, 5.41) is 14.2. The van der Waals surface area contributed by atoms with Gasteiger partial charge in [-0.05, 0) is 91.7 Å². The average Bonchev–Trinajstić information content (AvgIpc) is 3.62. The van der Waals surface area contributed by atoms with E-state index in [1.807, 2.05) is 13.0 Å². The molecular weight excluding hydrogens is 631 g/mol. The number of nitrogens with two attached hydrogens (primary N) is 2. The van der Waals surface area contributed by atoms with Crippen LogP contribution >= 0.6 is 15.9 Å². The summed E-state index contributed by atoms with van der Waals surface area (Å²) >= 11 is 3.22. The minimum Gasteiger partial charge on any atom is -0.383 e. The normalized spacial score (nSPS) is 22.3. The maximum Gasteiger partial charge on any atom is 0.164 e. The van der Waals surface area contributed by atoms with Crippen LogP contribution in [0.2, 0.25) is 0 Å². The minimum absolute atomic E-state index is 0.117. The summed E-state index contributed by atoms with van der Waals surface area (Å²) in [5.41, 5.74) is 9.06. The topological polar surface area (TPSA) is 128 Å². The van der Waals surface area contributed by atoms with Crippen LogP contribution in [0.15, 0.2) is 57.9 Å². The highest BCUT2D eigenvalue weighted by atomic mass is 79.9. The Balaban J connectivity index is 0.000000203. The van der Waals surface area contributed by atoms with E-state index in [4.69, 9.17) is 16.0 Å². The summed E-state index contributed by atoms with van der Waals surface area (Å²) in [5.74, 6) is 0.893. The van der Waals surface area contributed by atoms with Crippen LogP contribution in [0.1, 0.15) is 64.1 Å². The third kappa shape index (κ3) is 9.01. The molecule has 1 saturated heterocycles. The number of likely N-dealkylation sites (N-methyl/N-ethyl adjacent to an activating group) is 1. The zero-order chi connectivity index (χ0) is 30.9. The van der Waals surface area contributed by atoms with Crippen molar-refractivity contribution in [2.24, 2.45) is 17.0 Å². The molecule has 3 heterocycles. The summed E-state index contributed by atoms with van der Waals surface area (Å²) < 4.78 is 26.9. The number of nitrogen functional groups attached to an aromatic ring is 1. The number of hydrogen-bond donors (Lipinski definition) is 3. The fourth-order valence-electron chi connectivity index (χ4n) is 5.74. The third-order valence-corrected chi connectivity index (χ3v) is 9.84. The molecule has 2 saturated carbocycles. The van der Waals surface area contributed by atoms with Crippen molar-refractivity contribution in [1.82, 2.24) is 30.0 Å². The highest BCUT2D eigenvalue weighted by Gasteiger charge is 2.40. The lowest BCUT2D eigenvalue weighted by atomic mass is 9.96. The van der Waals surface area contributed by atoms with Crippen LogP contribution in [0.4, 0.5) is 10.2 Å². The molecule has 234 valence electrons. The van der Waals surface area contributed by atoms with Gasteiger partial charge in [-0.1, -0.05) is 37.5 Å². The molecule has 3 unspecified atom stereocenters. The van der Waals surface area contributed by atoms with Gasteiger partial charge in [0, 0.05) is 30.7 Å². The van der Waals surface area contributed by atoms with Gasteiger partial charge in [0.1, 0.15) is 28.8 Å². The molecule has 0 spiro atoms. The maximum atomic E-state index is 13.3. The lowest BCUT2D eigenvalue weighted by molar-refractivity contribution is 0.291. The number of rotatable bonds is 5. The predicted octanol–water partition coefficient (Wildman–Crippen LogP) is 5.78. The summed E-state index contributed by atoms with van der Waals surface area (Å²) in [6.07, 6.45) is 12.3. The first kappa shape index (κ1) is 33.4. The molecule has 2 aliphatic carbocycles. The van der Waals surface area contributed by atoms with Gasteiger partial charge in [-0.25, -0.2) is 28.4 Å². The standard InChI is InChI=1S/C20H26FN5.C6H6BrNOS.C5H12N2/c1-3-15(16-10-13(16)9-12(2)21)18-17-19(22)23-11-24-20(17)26(25-18)14-7-5-4-6-8-14;7-5-3-1-2-4-6(5)10(8)9;1-7-4-2-6-3-5-7/h3,9,11,13-14,16H,4-8,10H2,1-2H3,(H2,22,23,24);1-4H,8H2;6H,2-5H2,1H3/b12-9+,15-3+;;. The number of piperazine rings is 1. The SMILES string of the molecule is C/C=C(/c1nn(C2CCCCC2)c2ncnc(N)c12)C1CC1/C=C(\C)F.CN1CCNCC1.NS(=O)c1ccccc1Br. The first-order valence-electron chi connectivity index (χ1n) is 15.0. The second-order valence-electron chi connectivity index (χ2n) is 11.3. The number of halogens is 2. The number of fused-ring (bicyclic) bond motifs is 1. The van der Waals surface area contributed by atoms with Crippen molar-refractivity contribution in [3.8, 4) is 0 Å². The van der Waals surface area contributed by atoms with Crippen molar-refractivity contribution in [2.75, 3.05) is 39.0 Å². The van der Waals surface area contributed by atoms with E-state index in [1.165, 1.54) is 45.6 Å². The Morgan fingerprint density at radius 1 is 1.16 bits per heavy atom. The molecule has 3 aliphatic rings. The number of aromatic nitrogens is 4. The van der Waals surface area contributed by atoms with E-state index in [2.05, 4.69) is 53.9 Å².